The molecule has 2 N–H and O–H groups in total. The SMILES string of the molecule is CC.CC(O)c1cccc(-c2cnn3cc(-c4ccc(C5CCCNC5)cc4)cnc23)c1. The van der Waals surface area contributed by atoms with Crippen molar-refractivity contribution in [2.45, 2.75) is 45.6 Å². The van der Waals surface area contributed by atoms with Gasteiger partial charge in [-0.15, -0.1) is 0 Å². The maximum Gasteiger partial charge on any atom is 0.162 e. The lowest BCUT2D eigenvalue weighted by molar-refractivity contribution is 0.199. The van der Waals surface area contributed by atoms with Crippen molar-refractivity contribution in [2.24, 2.45) is 0 Å². The molecule has 166 valence electrons. The molecule has 0 amide bonds. The van der Waals surface area contributed by atoms with Crippen LogP contribution in [0.4, 0.5) is 0 Å². The van der Waals surface area contributed by atoms with Crippen LogP contribution >= 0.6 is 0 Å². The monoisotopic (exact) mass is 428 g/mol. The Morgan fingerprint density at radius 1 is 1.03 bits per heavy atom. The van der Waals surface area contributed by atoms with Gasteiger partial charge >= 0.3 is 0 Å². The normalized spacial score (nSPS) is 16.9. The molecule has 2 aromatic carbocycles. The van der Waals surface area contributed by atoms with Crippen LogP contribution in [0.5, 0.6) is 0 Å². The number of rotatable bonds is 4. The fourth-order valence-electron chi connectivity index (χ4n) is 4.28. The van der Waals surface area contributed by atoms with E-state index in [0.717, 1.165) is 46.6 Å². The third kappa shape index (κ3) is 4.59. The summed E-state index contributed by atoms with van der Waals surface area (Å²) in [6.45, 7) is 7.98. The third-order valence-corrected chi connectivity index (χ3v) is 6.05. The van der Waals surface area contributed by atoms with E-state index >= 15 is 0 Å². The van der Waals surface area contributed by atoms with E-state index in [0.29, 0.717) is 5.92 Å². The number of aromatic nitrogens is 3. The highest BCUT2D eigenvalue weighted by Gasteiger charge is 2.15. The van der Waals surface area contributed by atoms with E-state index in [9.17, 15) is 5.11 Å². The van der Waals surface area contributed by atoms with Gasteiger partial charge in [-0.25, -0.2) is 9.50 Å². The summed E-state index contributed by atoms with van der Waals surface area (Å²) in [4.78, 5) is 4.71. The van der Waals surface area contributed by atoms with Crippen molar-refractivity contribution in [3.8, 4) is 22.3 Å². The van der Waals surface area contributed by atoms with Crippen LogP contribution < -0.4 is 5.32 Å². The average Bonchev–Trinajstić information content (AvgIpc) is 3.29. The van der Waals surface area contributed by atoms with Gasteiger partial charge in [-0.2, -0.15) is 5.10 Å². The van der Waals surface area contributed by atoms with Gasteiger partial charge in [0.2, 0.25) is 0 Å². The molecule has 4 aromatic rings. The highest BCUT2D eigenvalue weighted by Crippen LogP contribution is 2.29. The summed E-state index contributed by atoms with van der Waals surface area (Å²) in [5.41, 5.74) is 7.26. The number of piperidine rings is 1. The molecule has 1 saturated heterocycles. The Kier molecular flexibility index (Phi) is 6.98. The van der Waals surface area contributed by atoms with E-state index in [1.165, 1.54) is 18.4 Å². The van der Waals surface area contributed by atoms with E-state index in [1.807, 2.05) is 61.2 Å². The predicted molar refractivity (Wildman–Crippen MR) is 131 cm³/mol. The first kappa shape index (κ1) is 22.2. The maximum absolute atomic E-state index is 9.88. The van der Waals surface area contributed by atoms with Gasteiger partial charge in [0.05, 0.1) is 12.3 Å². The topological polar surface area (TPSA) is 62.5 Å². The number of hydrogen-bond donors (Lipinski definition) is 2. The molecule has 1 aliphatic heterocycles. The quantitative estimate of drug-likeness (QED) is 0.443. The summed E-state index contributed by atoms with van der Waals surface area (Å²) in [5.74, 6) is 0.611. The molecule has 0 spiro atoms. The molecule has 5 rings (SSSR count). The molecular formula is C27H32N4O. The van der Waals surface area contributed by atoms with Gasteiger partial charge in [0, 0.05) is 30.1 Å². The Labute approximate surface area is 190 Å². The van der Waals surface area contributed by atoms with Gasteiger partial charge in [0.15, 0.2) is 5.65 Å². The summed E-state index contributed by atoms with van der Waals surface area (Å²) in [6, 6.07) is 16.8. The Hall–Kier alpha value is -3.02. The average molecular weight is 429 g/mol. The van der Waals surface area contributed by atoms with Gasteiger partial charge in [0.1, 0.15) is 0 Å². The van der Waals surface area contributed by atoms with Gasteiger partial charge in [-0.05, 0) is 60.5 Å². The summed E-state index contributed by atoms with van der Waals surface area (Å²) in [7, 11) is 0. The largest absolute Gasteiger partial charge is 0.389 e. The fraction of sp³-hybridized carbons (Fsp3) is 0.333. The Morgan fingerprint density at radius 3 is 2.56 bits per heavy atom. The smallest absolute Gasteiger partial charge is 0.162 e. The number of hydrogen-bond acceptors (Lipinski definition) is 4. The Morgan fingerprint density at radius 2 is 1.84 bits per heavy atom. The maximum atomic E-state index is 9.88. The van der Waals surface area contributed by atoms with Gasteiger partial charge in [-0.3, -0.25) is 0 Å². The van der Waals surface area contributed by atoms with E-state index in [2.05, 4.69) is 34.7 Å². The number of aliphatic hydroxyl groups excluding tert-OH is 1. The van der Waals surface area contributed by atoms with Crippen LogP contribution in [0.15, 0.2) is 67.1 Å². The molecule has 0 bridgehead atoms. The number of aliphatic hydroxyl groups is 1. The minimum absolute atomic E-state index is 0.501. The highest BCUT2D eigenvalue weighted by atomic mass is 16.3. The number of fused-ring (bicyclic) bond motifs is 1. The van der Waals surface area contributed by atoms with E-state index in [4.69, 9.17) is 4.98 Å². The third-order valence-electron chi connectivity index (χ3n) is 6.05. The Balaban J connectivity index is 0.00000119. The zero-order chi connectivity index (χ0) is 22.5. The predicted octanol–water partition coefficient (Wildman–Crippen LogP) is 5.61. The second-order valence-electron chi connectivity index (χ2n) is 8.14. The van der Waals surface area contributed by atoms with Crippen molar-refractivity contribution >= 4 is 5.65 Å². The summed E-state index contributed by atoms with van der Waals surface area (Å²) >= 11 is 0. The van der Waals surface area contributed by atoms with Crippen LogP contribution in [-0.2, 0) is 0 Å². The first-order valence-electron chi connectivity index (χ1n) is 11.6. The summed E-state index contributed by atoms with van der Waals surface area (Å²) in [6.07, 6.45) is 7.78. The summed E-state index contributed by atoms with van der Waals surface area (Å²) in [5, 5.41) is 17.9. The standard InChI is InChI=1S/C25H26N4O.C2H6/c1-17(30)20-4-2-5-21(12-20)24-15-28-29-16-23(14-27-25(24)29)19-9-7-18(8-10-19)22-6-3-11-26-13-22;1-2/h2,4-5,7-10,12,14-17,22,26,30H,3,6,11,13H2,1H3;1-2H3. The number of nitrogens with one attached hydrogen (secondary N) is 1. The molecule has 5 nitrogen and oxygen atoms in total. The molecule has 0 aliphatic carbocycles. The van der Waals surface area contributed by atoms with Crippen molar-refractivity contribution in [3.63, 3.8) is 0 Å². The van der Waals surface area contributed by atoms with E-state index < -0.39 is 6.10 Å². The molecule has 1 aliphatic rings. The first-order chi connectivity index (χ1) is 15.7. The summed E-state index contributed by atoms with van der Waals surface area (Å²) < 4.78 is 1.83. The lowest BCUT2D eigenvalue weighted by Crippen LogP contribution is -2.28. The van der Waals surface area contributed by atoms with Crippen LogP contribution in [0, 0.1) is 0 Å². The highest BCUT2D eigenvalue weighted by molar-refractivity contribution is 5.78. The van der Waals surface area contributed by atoms with Gasteiger partial charge in [-0.1, -0.05) is 56.3 Å². The first-order valence-corrected chi connectivity index (χ1v) is 11.6. The molecule has 32 heavy (non-hydrogen) atoms. The molecule has 2 unspecified atom stereocenters. The molecule has 3 heterocycles. The van der Waals surface area contributed by atoms with Crippen LogP contribution in [0.1, 0.15) is 56.8 Å². The fourth-order valence-corrected chi connectivity index (χ4v) is 4.28. The zero-order valence-corrected chi connectivity index (χ0v) is 19.1. The second kappa shape index (κ2) is 10.1. The molecule has 0 radical (unpaired) electrons. The van der Waals surface area contributed by atoms with Crippen LogP contribution in [0.2, 0.25) is 0 Å². The minimum atomic E-state index is -0.501. The molecule has 5 heteroatoms. The van der Waals surface area contributed by atoms with E-state index in [-0.39, 0.29) is 0 Å². The van der Waals surface area contributed by atoms with Gasteiger partial charge < -0.3 is 10.4 Å². The second-order valence-corrected chi connectivity index (χ2v) is 8.14. The molecule has 2 aromatic heterocycles. The molecule has 1 fully saturated rings. The van der Waals surface area contributed by atoms with Gasteiger partial charge in [0.25, 0.3) is 0 Å². The van der Waals surface area contributed by atoms with Crippen molar-refractivity contribution in [1.29, 1.82) is 0 Å². The minimum Gasteiger partial charge on any atom is -0.389 e. The van der Waals surface area contributed by atoms with Crippen LogP contribution in [0.25, 0.3) is 27.9 Å². The lowest BCUT2D eigenvalue weighted by Gasteiger charge is -2.23. The number of benzene rings is 2. The van der Waals surface area contributed by atoms with Crippen molar-refractivity contribution in [2.75, 3.05) is 13.1 Å². The Bertz CT molecular complexity index is 1160. The number of nitrogens with zero attached hydrogens (tertiary/aromatic N) is 3. The van der Waals surface area contributed by atoms with Crippen LogP contribution in [0.3, 0.4) is 0 Å². The lowest BCUT2D eigenvalue weighted by atomic mass is 9.91. The van der Waals surface area contributed by atoms with Crippen molar-refractivity contribution in [1.82, 2.24) is 19.9 Å². The molecule has 2 atom stereocenters. The van der Waals surface area contributed by atoms with Crippen LogP contribution in [-0.4, -0.2) is 32.8 Å². The molecule has 0 saturated carbocycles. The van der Waals surface area contributed by atoms with E-state index in [1.54, 1.807) is 6.92 Å². The molecular weight excluding hydrogens is 396 g/mol. The van der Waals surface area contributed by atoms with Crippen molar-refractivity contribution in [3.05, 3.63) is 78.2 Å². The van der Waals surface area contributed by atoms with Crippen molar-refractivity contribution < 1.29 is 5.11 Å². The zero-order valence-electron chi connectivity index (χ0n) is 19.1.